The highest BCUT2D eigenvalue weighted by Gasteiger charge is 1.92. The minimum Gasteiger partial charge on any atom is -0.225 e. The SMILES string of the molecule is N#CSc1cnc(Cl)nc1. The maximum absolute atomic E-state index is 8.21. The maximum atomic E-state index is 8.21. The lowest BCUT2D eigenvalue weighted by Gasteiger charge is -1.89. The number of thiocyanates is 1. The number of rotatable bonds is 1. The number of nitriles is 1. The topological polar surface area (TPSA) is 49.6 Å². The Morgan fingerprint density at radius 3 is 2.60 bits per heavy atom. The molecule has 0 aromatic carbocycles. The molecule has 0 aliphatic carbocycles. The van der Waals surface area contributed by atoms with Gasteiger partial charge in [-0.3, -0.25) is 0 Å². The summed E-state index contributed by atoms with van der Waals surface area (Å²) < 4.78 is 0. The molecule has 0 atom stereocenters. The van der Waals surface area contributed by atoms with E-state index in [1.54, 1.807) is 0 Å². The van der Waals surface area contributed by atoms with Gasteiger partial charge in [-0.15, -0.1) is 0 Å². The molecule has 5 heteroatoms. The molecule has 0 unspecified atom stereocenters. The van der Waals surface area contributed by atoms with Gasteiger partial charge in [0.1, 0.15) is 5.40 Å². The molecule has 0 saturated heterocycles. The van der Waals surface area contributed by atoms with E-state index in [9.17, 15) is 0 Å². The van der Waals surface area contributed by atoms with Gasteiger partial charge < -0.3 is 0 Å². The van der Waals surface area contributed by atoms with E-state index in [2.05, 4.69) is 9.97 Å². The van der Waals surface area contributed by atoms with E-state index in [0.717, 1.165) is 11.8 Å². The van der Waals surface area contributed by atoms with E-state index in [-0.39, 0.29) is 5.28 Å². The Morgan fingerprint density at radius 1 is 1.50 bits per heavy atom. The van der Waals surface area contributed by atoms with Crippen LogP contribution in [0.25, 0.3) is 0 Å². The van der Waals surface area contributed by atoms with Gasteiger partial charge in [0.2, 0.25) is 5.28 Å². The monoisotopic (exact) mass is 171 g/mol. The minimum atomic E-state index is 0.197. The summed E-state index contributed by atoms with van der Waals surface area (Å²) in [6.07, 6.45) is 3.01. The van der Waals surface area contributed by atoms with Crippen LogP contribution >= 0.6 is 23.4 Å². The van der Waals surface area contributed by atoms with E-state index in [4.69, 9.17) is 16.9 Å². The van der Waals surface area contributed by atoms with E-state index in [0.29, 0.717) is 4.90 Å². The predicted molar refractivity (Wildman–Crippen MR) is 38.5 cm³/mol. The second-order valence-electron chi connectivity index (χ2n) is 1.38. The third kappa shape index (κ3) is 1.87. The molecule has 1 aromatic rings. The first-order valence-corrected chi connectivity index (χ1v) is 3.56. The van der Waals surface area contributed by atoms with Crippen molar-refractivity contribution >= 4 is 23.4 Å². The highest BCUT2D eigenvalue weighted by Crippen LogP contribution is 2.13. The molecule has 0 spiro atoms. The molecule has 0 radical (unpaired) electrons. The van der Waals surface area contributed by atoms with E-state index < -0.39 is 0 Å². The first-order chi connectivity index (χ1) is 4.83. The molecule has 0 aliphatic heterocycles. The van der Waals surface area contributed by atoms with Crippen LogP contribution in [0.1, 0.15) is 0 Å². The third-order valence-electron chi connectivity index (χ3n) is 0.760. The van der Waals surface area contributed by atoms with Crippen LogP contribution in [0.4, 0.5) is 0 Å². The van der Waals surface area contributed by atoms with Gasteiger partial charge in [0.25, 0.3) is 0 Å². The van der Waals surface area contributed by atoms with Crippen LogP contribution in [-0.4, -0.2) is 9.97 Å². The highest BCUT2D eigenvalue weighted by molar-refractivity contribution is 8.03. The zero-order valence-electron chi connectivity index (χ0n) is 4.78. The molecule has 3 nitrogen and oxygen atoms in total. The third-order valence-corrected chi connectivity index (χ3v) is 1.49. The number of halogens is 1. The van der Waals surface area contributed by atoms with Crippen molar-refractivity contribution in [2.75, 3.05) is 0 Å². The van der Waals surface area contributed by atoms with E-state index in [1.807, 2.05) is 5.40 Å². The molecule has 0 saturated carbocycles. The maximum Gasteiger partial charge on any atom is 0.222 e. The Labute approximate surface area is 67.1 Å². The second-order valence-corrected chi connectivity index (χ2v) is 2.58. The summed E-state index contributed by atoms with van der Waals surface area (Å²) in [5, 5.41) is 10.3. The number of aromatic nitrogens is 2. The molecule has 0 N–H and O–H groups in total. The Bertz CT molecular complexity index is 253. The number of thioether (sulfide) groups is 1. The van der Waals surface area contributed by atoms with Crippen LogP contribution < -0.4 is 0 Å². The number of nitrogens with zero attached hydrogens (tertiary/aromatic N) is 3. The van der Waals surface area contributed by atoms with Crippen molar-refractivity contribution in [3.63, 3.8) is 0 Å². The first kappa shape index (κ1) is 7.32. The van der Waals surface area contributed by atoms with Crippen molar-refractivity contribution in [3.05, 3.63) is 17.7 Å². The summed E-state index contributed by atoms with van der Waals surface area (Å²) in [5.41, 5.74) is 0. The molecule has 1 rings (SSSR count). The molecular formula is C5H2ClN3S. The van der Waals surface area contributed by atoms with Crippen molar-refractivity contribution in [1.29, 1.82) is 5.26 Å². The Kier molecular flexibility index (Phi) is 2.49. The van der Waals surface area contributed by atoms with Crippen LogP contribution in [0, 0.1) is 10.7 Å². The van der Waals surface area contributed by atoms with Crippen LogP contribution in [0.5, 0.6) is 0 Å². The number of hydrogen-bond donors (Lipinski definition) is 0. The summed E-state index contributed by atoms with van der Waals surface area (Å²) in [4.78, 5) is 8.06. The lowest BCUT2D eigenvalue weighted by molar-refractivity contribution is 1.10. The summed E-state index contributed by atoms with van der Waals surface area (Å²) in [6.45, 7) is 0. The molecule has 0 aliphatic rings. The van der Waals surface area contributed by atoms with Crippen LogP contribution in [0.2, 0.25) is 5.28 Å². The smallest absolute Gasteiger partial charge is 0.222 e. The van der Waals surface area contributed by atoms with E-state index in [1.165, 1.54) is 12.4 Å². The minimum absolute atomic E-state index is 0.197. The molecule has 1 aromatic heterocycles. The van der Waals surface area contributed by atoms with Gasteiger partial charge in [-0.1, -0.05) is 0 Å². The van der Waals surface area contributed by atoms with Crippen molar-refractivity contribution in [2.24, 2.45) is 0 Å². The molecule has 1 heterocycles. The molecular weight excluding hydrogens is 170 g/mol. The van der Waals surface area contributed by atoms with Gasteiger partial charge in [-0.05, 0) is 23.4 Å². The second kappa shape index (κ2) is 3.40. The molecule has 0 amide bonds. The Morgan fingerprint density at radius 2 is 2.10 bits per heavy atom. The van der Waals surface area contributed by atoms with Crippen LogP contribution in [0.3, 0.4) is 0 Å². The van der Waals surface area contributed by atoms with Gasteiger partial charge in [-0.25, -0.2) is 9.97 Å². The average molecular weight is 172 g/mol. The normalized spacial score (nSPS) is 8.80. The number of hydrogen-bond acceptors (Lipinski definition) is 4. The predicted octanol–water partition coefficient (Wildman–Crippen LogP) is 1.70. The Hall–Kier alpha value is -0.790. The molecule has 10 heavy (non-hydrogen) atoms. The Balaban J connectivity index is 2.81. The van der Waals surface area contributed by atoms with Gasteiger partial charge in [0.15, 0.2) is 0 Å². The van der Waals surface area contributed by atoms with Gasteiger partial charge >= 0.3 is 0 Å². The lowest BCUT2D eigenvalue weighted by Crippen LogP contribution is -1.79. The van der Waals surface area contributed by atoms with Crippen LogP contribution in [0.15, 0.2) is 17.3 Å². The van der Waals surface area contributed by atoms with Gasteiger partial charge in [0, 0.05) is 12.4 Å². The largest absolute Gasteiger partial charge is 0.225 e. The van der Waals surface area contributed by atoms with Crippen molar-refractivity contribution < 1.29 is 0 Å². The first-order valence-electron chi connectivity index (χ1n) is 2.36. The summed E-state index contributed by atoms with van der Waals surface area (Å²) in [7, 11) is 0. The fourth-order valence-electron chi connectivity index (χ4n) is 0.406. The van der Waals surface area contributed by atoms with E-state index >= 15 is 0 Å². The fraction of sp³-hybridized carbons (Fsp3) is 0. The summed E-state index contributed by atoms with van der Waals surface area (Å²) in [5.74, 6) is 0. The van der Waals surface area contributed by atoms with Gasteiger partial charge in [-0.2, -0.15) is 5.26 Å². The summed E-state index contributed by atoms with van der Waals surface area (Å²) >= 11 is 6.40. The zero-order chi connectivity index (χ0) is 7.40. The van der Waals surface area contributed by atoms with Gasteiger partial charge in [0.05, 0.1) is 4.90 Å². The highest BCUT2D eigenvalue weighted by atomic mass is 35.5. The molecule has 0 fully saturated rings. The molecule has 50 valence electrons. The fourth-order valence-corrected chi connectivity index (χ4v) is 0.820. The lowest BCUT2D eigenvalue weighted by atomic mass is 10.7. The summed E-state index contributed by atoms with van der Waals surface area (Å²) in [6, 6.07) is 0. The van der Waals surface area contributed by atoms with Crippen molar-refractivity contribution in [2.45, 2.75) is 4.90 Å². The quantitative estimate of drug-likeness (QED) is 0.367. The average Bonchev–Trinajstić information content (AvgIpc) is 1.95. The zero-order valence-corrected chi connectivity index (χ0v) is 6.35. The van der Waals surface area contributed by atoms with Crippen molar-refractivity contribution in [1.82, 2.24) is 9.97 Å². The van der Waals surface area contributed by atoms with Crippen LogP contribution in [-0.2, 0) is 0 Å². The molecule has 0 bridgehead atoms. The standard InChI is InChI=1S/C5H2ClN3S/c6-5-8-1-4(2-9-5)10-3-7/h1-2H. The van der Waals surface area contributed by atoms with Crippen molar-refractivity contribution in [3.8, 4) is 5.40 Å².